The minimum absolute atomic E-state index is 0.0564. The van der Waals surface area contributed by atoms with Gasteiger partial charge in [0, 0.05) is 28.9 Å². The highest BCUT2D eigenvalue weighted by Gasteiger charge is 2.30. The molecule has 0 heterocycles. The fourth-order valence-electron chi connectivity index (χ4n) is 3.63. The minimum Gasteiger partial charge on any atom is -0.354 e. The Morgan fingerprint density at radius 1 is 0.914 bits per heavy atom. The Labute approximate surface area is 221 Å². The summed E-state index contributed by atoms with van der Waals surface area (Å²) in [5, 5.41) is 3.07. The topological polar surface area (TPSA) is 49.4 Å². The van der Waals surface area contributed by atoms with Crippen LogP contribution in [0.25, 0.3) is 0 Å². The zero-order valence-electron chi connectivity index (χ0n) is 20.5. The van der Waals surface area contributed by atoms with Crippen molar-refractivity contribution in [1.29, 1.82) is 0 Å². The molecule has 35 heavy (non-hydrogen) atoms. The van der Waals surface area contributed by atoms with Crippen molar-refractivity contribution in [2.75, 3.05) is 12.3 Å². The van der Waals surface area contributed by atoms with E-state index in [2.05, 4.69) is 35.1 Å². The summed E-state index contributed by atoms with van der Waals surface area (Å²) in [7, 11) is 0. The second kappa shape index (κ2) is 13.5. The number of thioether (sulfide) groups is 1. The lowest BCUT2D eigenvalue weighted by Gasteiger charge is -2.32. The third-order valence-corrected chi connectivity index (χ3v) is 7.13. The molecule has 2 amide bonds. The van der Waals surface area contributed by atoms with Gasteiger partial charge in [-0.3, -0.25) is 9.59 Å². The zero-order chi connectivity index (χ0) is 25.2. The molecule has 0 aliphatic carbocycles. The molecule has 0 aliphatic rings. The van der Waals surface area contributed by atoms with Gasteiger partial charge in [0.25, 0.3) is 0 Å². The smallest absolute Gasteiger partial charge is 0.243 e. The molecular formula is C29H33BrN2O2S. The van der Waals surface area contributed by atoms with Crippen molar-refractivity contribution in [2.45, 2.75) is 44.7 Å². The van der Waals surface area contributed by atoms with Gasteiger partial charge in [0.15, 0.2) is 0 Å². The maximum atomic E-state index is 13.6. The fraction of sp³-hybridized carbons (Fsp3) is 0.310. The van der Waals surface area contributed by atoms with Crippen LogP contribution in [0.3, 0.4) is 0 Å². The average Bonchev–Trinajstić information content (AvgIpc) is 2.86. The Balaban J connectivity index is 1.88. The predicted molar refractivity (Wildman–Crippen MR) is 148 cm³/mol. The van der Waals surface area contributed by atoms with Gasteiger partial charge in [-0.25, -0.2) is 0 Å². The number of amides is 2. The predicted octanol–water partition coefficient (Wildman–Crippen LogP) is 6.26. The van der Waals surface area contributed by atoms with Gasteiger partial charge in [-0.05, 0) is 48.2 Å². The maximum absolute atomic E-state index is 13.6. The minimum atomic E-state index is -0.606. The first-order valence-corrected chi connectivity index (χ1v) is 13.6. The van der Waals surface area contributed by atoms with Crippen LogP contribution in [0.15, 0.2) is 88.2 Å². The van der Waals surface area contributed by atoms with Crippen LogP contribution in [0.2, 0.25) is 0 Å². The average molecular weight is 554 g/mol. The standard InChI is InChI=1S/C29H33BrN2O2S/c1-21(2)18-31-29(34)27(17-23-7-5-4-6-8-23)32(19-24-11-13-25(30)14-12-24)28(33)20-35-26-15-9-22(3)10-16-26/h4-16,21,27H,17-20H2,1-3H3,(H,31,34)/t27-/m0/s1. The first-order chi connectivity index (χ1) is 16.8. The van der Waals surface area contributed by atoms with E-state index in [1.165, 1.54) is 17.3 Å². The lowest BCUT2D eigenvalue weighted by atomic mass is 10.0. The normalized spacial score (nSPS) is 11.8. The number of nitrogens with one attached hydrogen (secondary N) is 1. The van der Waals surface area contributed by atoms with Crippen LogP contribution in [-0.4, -0.2) is 35.1 Å². The fourth-order valence-corrected chi connectivity index (χ4v) is 4.67. The number of benzene rings is 3. The highest BCUT2D eigenvalue weighted by molar-refractivity contribution is 9.10. The van der Waals surface area contributed by atoms with Crippen LogP contribution in [-0.2, 0) is 22.6 Å². The Morgan fingerprint density at radius 2 is 1.57 bits per heavy atom. The molecule has 4 nitrogen and oxygen atoms in total. The number of halogens is 1. The highest BCUT2D eigenvalue weighted by Crippen LogP contribution is 2.22. The summed E-state index contributed by atoms with van der Waals surface area (Å²) in [6.45, 7) is 7.12. The van der Waals surface area contributed by atoms with Crippen molar-refractivity contribution >= 4 is 39.5 Å². The van der Waals surface area contributed by atoms with Crippen molar-refractivity contribution in [3.05, 3.63) is 100 Å². The number of carbonyl (C=O) groups excluding carboxylic acids is 2. The molecule has 0 spiro atoms. The molecule has 3 aromatic rings. The molecule has 0 fully saturated rings. The summed E-state index contributed by atoms with van der Waals surface area (Å²) in [6, 6.07) is 25.4. The highest BCUT2D eigenvalue weighted by atomic mass is 79.9. The molecular weight excluding hydrogens is 520 g/mol. The second-order valence-corrected chi connectivity index (χ2v) is 11.1. The first-order valence-electron chi connectivity index (χ1n) is 11.9. The number of carbonyl (C=O) groups is 2. The summed E-state index contributed by atoms with van der Waals surface area (Å²) in [5.41, 5.74) is 3.19. The Morgan fingerprint density at radius 3 is 2.20 bits per heavy atom. The molecule has 0 saturated heterocycles. The van der Waals surface area contributed by atoms with Crippen LogP contribution in [0, 0.1) is 12.8 Å². The molecule has 1 atom stereocenters. The summed E-state index contributed by atoms with van der Waals surface area (Å²) in [6.07, 6.45) is 0.461. The first kappa shape index (κ1) is 27.0. The van der Waals surface area contributed by atoms with Gasteiger partial charge in [-0.2, -0.15) is 0 Å². The monoisotopic (exact) mass is 552 g/mol. The lowest BCUT2D eigenvalue weighted by molar-refractivity contribution is -0.139. The summed E-state index contributed by atoms with van der Waals surface area (Å²) in [4.78, 5) is 29.9. The number of nitrogens with zero attached hydrogens (tertiary/aromatic N) is 1. The molecule has 0 unspecified atom stereocenters. The molecule has 6 heteroatoms. The molecule has 3 aromatic carbocycles. The van der Waals surface area contributed by atoms with Crippen molar-refractivity contribution in [1.82, 2.24) is 10.2 Å². The van der Waals surface area contributed by atoms with Crippen LogP contribution < -0.4 is 5.32 Å². The number of rotatable bonds is 11. The summed E-state index contributed by atoms with van der Waals surface area (Å²) >= 11 is 4.98. The maximum Gasteiger partial charge on any atom is 0.243 e. The summed E-state index contributed by atoms with van der Waals surface area (Å²) in [5.74, 6) is 0.416. The molecule has 3 rings (SSSR count). The van der Waals surface area contributed by atoms with Gasteiger partial charge < -0.3 is 10.2 Å². The van der Waals surface area contributed by atoms with E-state index in [0.717, 1.165) is 20.5 Å². The Hall–Kier alpha value is -2.57. The van der Waals surface area contributed by atoms with E-state index in [4.69, 9.17) is 0 Å². The van der Waals surface area contributed by atoms with Crippen molar-refractivity contribution in [3.8, 4) is 0 Å². The van der Waals surface area contributed by atoms with E-state index < -0.39 is 6.04 Å². The third-order valence-electron chi connectivity index (χ3n) is 5.61. The van der Waals surface area contributed by atoms with Crippen molar-refractivity contribution in [3.63, 3.8) is 0 Å². The van der Waals surface area contributed by atoms with Crippen LogP contribution >= 0.6 is 27.7 Å². The third kappa shape index (κ3) is 8.86. The molecule has 1 N–H and O–H groups in total. The van der Waals surface area contributed by atoms with Crippen molar-refractivity contribution in [2.24, 2.45) is 5.92 Å². The molecule has 184 valence electrons. The van der Waals surface area contributed by atoms with Crippen LogP contribution in [0.1, 0.15) is 30.5 Å². The van der Waals surface area contributed by atoms with Crippen LogP contribution in [0.4, 0.5) is 0 Å². The number of hydrogen-bond donors (Lipinski definition) is 1. The van der Waals surface area contributed by atoms with E-state index in [0.29, 0.717) is 25.4 Å². The number of aryl methyl sites for hydroxylation is 1. The van der Waals surface area contributed by atoms with Gasteiger partial charge in [-0.15, -0.1) is 11.8 Å². The molecule has 0 bridgehead atoms. The summed E-state index contributed by atoms with van der Waals surface area (Å²) < 4.78 is 0.976. The van der Waals surface area contributed by atoms with Gasteiger partial charge in [0.1, 0.15) is 6.04 Å². The van der Waals surface area contributed by atoms with Gasteiger partial charge >= 0.3 is 0 Å². The van der Waals surface area contributed by atoms with Crippen molar-refractivity contribution < 1.29 is 9.59 Å². The zero-order valence-corrected chi connectivity index (χ0v) is 22.9. The van der Waals surface area contributed by atoms with Crippen LogP contribution in [0.5, 0.6) is 0 Å². The molecule has 0 saturated carbocycles. The van der Waals surface area contributed by atoms with Gasteiger partial charge in [0.05, 0.1) is 5.75 Å². The van der Waals surface area contributed by atoms with Gasteiger partial charge in [0.2, 0.25) is 11.8 Å². The SMILES string of the molecule is Cc1ccc(SCC(=O)N(Cc2ccc(Br)cc2)[C@@H](Cc2ccccc2)C(=O)NCC(C)C)cc1. The Kier molecular flexibility index (Phi) is 10.4. The van der Waals surface area contributed by atoms with E-state index in [1.54, 1.807) is 4.90 Å². The quantitative estimate of drug-likeness (QED) is 0.285. The molecule has 0 aliphatic heterocycles. The Bertz CT molecular complexity index is 1090. The second-order valence-electron chi connectivity index (χ2n) is 9.09. The lowest BCUT2D eigenvalue weighted by Crippen LogP contribution is -2.51. The molecule has 0 radical (unpaired) electrons. The molecule has 0 aromatic heterocycles. The number of hydrogen-bond acceptors (Lipinski definition) is 3. The van der Waals surface area contributed by atoms with E-state index in [1.807, 2.05) is 85.8 Å². The largest absolute Gasteiger partial charge is 0.354 e. The van der Waals surface area contributed by atoms with E-state index in [-0.39, 0.29) is 17.6 Å². The van der Waals surface area contributed by atoms with E-state index in [9.17, 15) is 9.59 Å². The van der Waals surface area contributed by atoms with E-state index >= 15 is 0 Å². The van der Waals surface area contributed by atoms with Gasteiger partial charge in [-0.1, -0.05) is 89.9 Å².